The van der Waals surface area contributed by atoms with Crippen LogP contribution in [0.4, 0.5) is 26.7 Å². The molecule has 13 heteroatoms. The fourth-order valence-corrected chi connectivity index (χ4v) is 6.64. The second kappa shape index (κ2) is 12.3. The summed E-state index contributed by atoms with van der Waals surface area (Å²) in [5.74, 6) is 0.703. The summed E-state index contributed by atoms with van der Waals surface area (Å²) in [7, 11) is 1.84. The number of esters is 1. The number of amides is 2. The van der Waals surface area contributed by atoms with Crippen LogP contribution >= 0.6 is 22.7 Å². The highest BCUT2D eigenvalue weighted by molar-refractivity contribution is 7.22. The van der Waals surface area contributed by atoms with Crippen LogP contribution in [0.5, 0.6) is 0 Å². The Morgan fingerprint density at radius 2 is 1.81 bits per heavy atom. The number of ether oxygens (including phenoxy) is 1. The number of anilines is 4. The number of para-hydroxylation sites is 1. The van der Waals surface area contributed by atoms with Crippen LogP contribution in [0.15, 0.2) is 60.7 Å². The first-order valence-corrected chi connectivity index (χ1v) is 15.5. The molecule has 220 valence electrons. The predicted molar refractivity (Wildman–Crippen MR) is 169 cm³/mol. The van der Waals surface area contributed by atoms with E-state index in [-0.39, 0.29) is 24.2 Å². The van der Waals surface area contributed by atoms with E-state index < -0.39 is 5.97 Å². The molecule has 11 nitrogen and oxygen atoms in total. The Morgan fingerprint density at radius 3 is 2.56 bits per heavy atom. The lowest BCUT2D eigenvalue weighted by Crippen LogP contribution is -2.52. The van der Waals surface area contributed by atoms with Crippen LogP contribution in [-0.2, 0) is 11.3 Å². The van der Waals surface area contributed by atoms with Crippen molar-refractivity contribution in [3.8, 4) is 0 Å². The molecular weight excluding hydrogens is 585 g/mol. The molecule has 0 atom stereocenters. The summed E-state index contributed by atoms with van der Waals surface area (Å²) in [6, 6.07) is 19.5. The number of hydrogen-bond donors (Lipinski definition) is 2. The number of hydrogen-bond acceptors (Lipinski definition) is 11. The fourth-order valence-electron chi connectivity index (χ4n) is 4.67. The van der Waals surface area contributed by atoms with Crippen molar-refractivity contribution in [1.82, 2.24) is 30.4 Å². The van der Waals surface area contributed by atoms with Gasteiger partial charge in [-0.25, -0.2) is 19.6 Å². The zero-order chi connectivity index (χ0) is 29.9. The number of carbonyl (C=O) groups is 2. The molecule has 6 rings (SSSR count). The maximum atomic E-state index is 12.9. The van der Waals surface area contributed by atoms with Crippen molar-refractivity contribution in [1.29, 1.82) is 0 Å². The SMILES string of the molecule is CCOC(=O)c1nc(N(C)c2cc(C)c(Nc3nc4ccccc4s3)nn2)sc1C1CN(C(=O)NCc2ccccc2)C1. The summed E-state index contributed by atoms with van der Waals surface area (Å²) in [5, 5.41) is 16.4. The average Bonchev–Trinajstić information content (AvgIpc) is 3.61. The lowest BCUT2D eigenvalue weighted by molar-refractivity contribution is 0.0517. The van der Waals surface area contributed by atoms with Crippen molar-refractivity contribution < 1.29 is 14.3 Å². The Balaban J connectivity index is 1.15. The third-order valence-electron chi connectivity index (χ3n) is 7.06. The minimum absolute atomic E-state index is 0.0188. The molecule has 1 aliphatic heterocycles. The largest absolute Gasteiger partial charge is 0.461 e. The number of urea groups is 1. The molecule has 43 heavy (non-hydrogen) atoms. The van der Waals surface area contributed by atoms with Crippen LogP contribution in [0.2, 0.25) is 0 Å². The van der Waals surface area contributed by atoms with Gasteiger partial charge in [0.25, 0.3) is 0 Å². The first-order valence-electron chi connectivity index (χ1n) is 13.8. The van der Waals surface area contributed by atoms with E-state index in [0.717, 1.165) is 31.4 Å². The van der Waals surface area contributed by atoms with E-state index in [9.17, 15) is 9.59 Å². The first kappa shape index (κ1) is 28.5. The monoisotopic (exact) mass is 614 g/mol. The van der Waals surface area contributed by atoms with E-state index in [1.165, 1.54) is 11.3 Å². The lowest BCUT2D eigenvalue weighted by Gasteiger charge is -2.38. The molecule has 0 aliphatic carbocycles. The second-order valence-corrected chi connectivity index (χ2v) is 12.1. The number of aryl methyl sites for hydroxylation is 1. The highest BCUT2D eigenvalue weighted by atomic mass is 32.1. The molecule has 3 aromatic heterocycles. The minimum Gasteiger partial charge on any atom is -0.461 e. The number of nitrogens with zero attached hydrogens (tertiary/aromatic N) is 6. The number of likely N-dealkylation sites (tertiary alicyclic amines) is 1. The van der Waals surface area contributed by atoms with Gasteiger partial charge < -0.3 is 25.2 Å². The molecule has 5 aromatic rings. The molecule has 2 N–H and O–H groups in total. The van der Waals surface area contributed by atoms with Gasteiger partial charge in [-0.2, -0.15) is 0 Å². The molecule has 1 fully saturated rings. The first-order chi connectivity index (χ1) is 20.9. The molecular formula is C30H30N8O3S2. The van der Waals surface area contributed by atoms with Gasteiger partial charge in [-0.15, -0.1) is 21.5 Å². The predicted octanol–water partition coefficient (Wildman–Crippen LogP) is 5.85. The topological polar surface area (TPSA) is 125 Å². The van der Waals surface area contributed by atoms with Crippen LogP contribution in [0.25, 0.3) is 10.2 Å². The molecule has 4 heterocycles. The quantitative estimate of drug-likeness (QED) is 0.197. The second-order valence-electron chi connectivity index (χ2n) is 10.1. The number of carbonyl (C=O) groups excluding carboxylic acids is 2. The van der Waals surface area contributed by atoms with Gasteiger partial charge in [-0.3, -0.25) is 0 Å². The molecule has 2 aromatic carbocycles. The Labute approximate surface area is 256 Å². The Morgan fingerprint density at radius 1 is 1.05 bits per heavy atom. The lowest BCUT2D eigenvalue weighted by atomic mass is 9.97. The van der Waals surface area contributed by atoms with E-state index in [0.29, 0.717) is 36.4 Å². The van der Waals surface area contributed by atoms with Crippen LogP contribution < -0.4 is 15.5 Å². The zero-order valence-corrected chi connectivity index (χ0v) is 25.5. The van der Waals surface area contributed by atoms with Crippen molar-refractivity contribution >= 4 is 66.8 Å². The molecule has 1 aliphatic rings. The fraction of sp³-hybridized carbons (Fsp3) is 0.267. The van der Waals surface area contributed by atoms with E-state index in [1.807, 2.05) is 74.6 Å². The number of aromatic nitrogens is 4. The number of benzene rings is 2. The van der Waals surface area contributed by atoms with Crippen molar-refractivity contribution in [2.75, 3.05) is 37.0 Å². The van der Waals surface area contributed by atoms with Crippen LogP contribution in [0.1, 0.15) is 39.3 Å². The summed E-state index contributed by atoms with van der Waals surface area (Å²) in [6.45, 7) is 5.40. The third kappa shape index (κ3) is 6.13. The Hall–Kier alpha value is -4.62. The molecule has 2 amide bonds. The maximum Gasteiger partial charge on any atom is 0.358 e. The molecule has 0 bridgehead atoms. The number of rotatable bonds is 9. The summed E-state index contributed by atoms with van der Waals surface area (Å²) < 4.78 is 6.40. The van der Waals surface area contributed by atoms with Crippen LogP contribution in [0.3, 0.4) is 0 Å². The molecule has 0 saturated carbocycles. The van der Waals surface area contributed by atoms with Gasteiger partial charge >= 0.3 is 12.0 Å². The standard InChI is InChI=1S/C30H30N8O3S2/c1-4-41-27(39)24-25(20-16-38(17-20)29(40)31-15-19-10-6-5-7-11-19)43-30(33-24)37(3)23-14-18(2)26(36-35-23)34-28-32-21-12-8-9-13-22(21)42-28/h5-14,20H,4,15-17H2,1-3H3,(H,31,40)(H,32,34,36). The molecule has 0 radical (unpaired) electrons. The Kier molecular flexibility index (Phi) is 8.16. The highest BCUT2D eigenvalue weighted by Crippen LogP contribution is 2.39. The highest BCUT2D eigenvalue weighted by Gasteiger charge is 2.37. The van der Waals surface area contributed by atoms with Gasteiger partial charge in [0.05, 0.1) is 16.8 Å². The number of fused-ring (bicyclic) bond motifs is 1. The minimum atomic E-state index is -0.474. The summed E-state index contributed by atoms with van der Waals surface area (Å²) in [5.41, 5.74) is 3.12. The van der Waals surface area contributed by atoms with Crippen molar-refractivity contribution in [2.24, 2.45) is 0 Å². The van der Waals surface area contributed by atoms with Crippen LogP contribution in [0, 0.1) is 6.92 Å². The Bertz CT molecular complexity index is 1730. The van der Waals surface area contributed by atoms with Crippen molar-refractivity contribution in [2.45, 2.75) is 26.3 Å². The molecule has 1 saturated heterocycles. The van der Waals surface area contributed by atoms with Gasteiger partial charge in [0.15, 0.2) is 27.6 Å². The number of nitrogens with one attached hydrogen (secondary N) is 2. The summed E-state index contributed by atoms with van der Waals surface area (Å²) in [6.07, 6.45) is 0. The maximum absolute atomic E-state index is 12.9. The summed E-state index contributed by atoms with van der Waals surface area (Å²) in [4.78, 5) is 39.2. The third-order valence-corrected chi connectivity index (χ3v) is 9.30. The normalized spacial score (nSPS) is 13.0. The van der Waals surface area contributed by atoms with E-state index in [2.05, 4.69) is 30.8 Å². The van der Waals surface area contributed by atoms with Gasteiger partial charge in [-0.1, -0.05) is 53.8 Å². The van der Waals surface area contributed by atoms with Crippen LogP contribution in [-0.4, -0.2) is 63.8 Å². The van der Waals surface area contributed by atoms with E-state index in [4.69, 9.17) is 4.74 Å². The zero-order valence-electron chi connectivity index (χ0n) is 23.9. The number of thiazole rings is 2. The van der Waals surface area contributed by atoms with Gasteiger partial charge in [0, 0.05) is 37.5 Å². The summed E-state index contributed by atoms with van der Waals surface area (Å²) >= 11 is 2.96. The smallest absolute Gasteiger partial charge is 0.358 e. The molecule has 0 spiro atoms. The molecule has 0 unspecified atom stereocenters. The van der Waals surface area contributed by atoms with Gasteiger partial charge in [0.2, 0.25) is 0 Å². The van der Waals surface area contributed by atoms with Crippen molar-refractivity contribution in [3.63, 3.8) is 0 Å². The van der Waals surface area contributed by atoms with E-state index in [1.54, 1.807) is 28.1 Å². The van der Waals surface area contributed by atoms with Gasteiger partial charge in [-0.05, 0) is 43.2 Å². The van der Waals surface area contributed by atoms with Gasteiger partial charge in [0.1, 0.15) is 0 Å². The average molecular weight is 615 g/mol. The van der Waals surface area contributed by atoms with Crippen molar-refractivity contribution in [3.05, 3.63) is 82.4 Å². The van der Waals surface area contributed by atoms with E-state index >= 15 is 0 Å².